The summed E-state index contributed by atoms with van der Waals surface area (Å²) in [5.74, 6) is -0.275. The van der Waals surface area contributed by atoms with Gasteiger partial charge in [0.1, 0.15) is 5.82 Å². The molecule has 26 heavy (non-hydrogen) atoms. The molecule has 1 aromatic carbocycles. The van der Waals surface area contributed by atoms with Crippen LogP contribution in [0.2, 0.25) is 5.02 Å². The number of amides is 1. The Balaban J connectivity index is 1.57. The molecule has 1 atom stereocenters. The molecule has 1 amide bonds. The fourth-order valence-electron chi connectivity index (χ4n) is 4.26. The van der Waals surface area contributed by atoms with E-state index in [9.17, 15) is 9.18 Å². The quantitative estimate of drug-likeness (QED) is 0.877. The van der Waals surface area contributed by atoms with E-state index in [-0.39, 0.29) is 34.3 Å². The van der Waals surface area contributed by atoms with E-state index < -0.39 is 5.82 Å². The summed E-state index contributed by atoms with van der Waals surface area (Å²) in [6, 6.07) is 4.48. The predicted octanol–water partition coefficient (Wildman–Crippen LogP) is 2.90. The molecule has 4 rings (SSSR count). The number of hydrogen-bond acceptors (Lipinski definition) is 4. The van der Waals surface area contributed by atoms with Crippen LogP contribution in [0.3, 0.4) is 0 Å². The van der Waals surface area contributed by atoms with Gasteiger partial charge in [-0.25, -0.2) is 14.4 Å². The van der Waals surface area contributed by atoms with Crippen LogP contribution in [0.1, 0.15) is 36.1 Å². The van der Waals surface area contributed by atoms with Crippen LogP contribution in [0.15, 0.2) is 24.4 Å². The molecular formula is C19H20ClFN4O. The normalized spacial score (nSPS) is 21.8. The van der Waals surface area contributed by atoms with E-state index in [1.165, 1.54) is 6.07 Å². The van der Waals surface area contributed by atoms with E-state index in [0.29, 0.717) is 13.1 Å². The highest BCUT2D eigenvalue weighted by atomic mass is 35.5. The lowest BCUT2D eigenvalue weighted by atomic mass is 9.77. The summed E-state index contributed by atoms with van der Waals surface area (Å²) in [6.07, 6.45) is 5.47. The summed E-state index contributed by atoms with van der Waals surface area (Å²) in [4.78, 5) is 23.2. The van der Waals surface area contributed by atoms with Gasteiger partial charge in [-0.15, -0.1) is 0 Å². The lowest BCUT2D eigenvalue weighted by Gasteiger charge is -2.40. The molecule has 1 spiro atoms. The number of nitrogens with two attached hydrogens (primary N) is 1. The van der Waals surface area contributed by atoms with Gasteiger partial charge < -0.3 is 10.6 Å². The Kier molecular flexibility index (Phi) is 4.31. The van der Waals surface area contributed by atoms with Gasteiger partial charge in [0.15, 0.2) is 0 Å². The molecule has 1 unspecified atom stereocenters. The van der Waals surface area contributed by atoms with Crippen LogP contribution in [0.5, 0.6) is 0 Å². The molecule has 1 saturated heterocycles. The highest BCUT2D eigenvalue weighted by molar-refractivity contribution is 6.31. The van der Waals surface area contributed by atoms with E-state index in [4.69, 9.17) is 17.3 Å². The Hall–Kier alpha value is -2.21. The molecule has 2 heterocycles. The number of halogens is 2. The smallest absolute Gasteiger partial charge is 0.227 e. The summed E-state index contributed by atoms with van der Waals surface area (Å²) in [7, 11) is 0. The first kappa shape index (κ1) is 17.2. The minimum absolute atomic E-state index is 0.0274. The van der Waals surface area contributed by atoms with Crippen molar-refractivity contribution in [2.45, 2.75) is 37.5 Å². The van der Waals surface area contributed by atoms with Gasteiger partial charge in [0.05, 0.1) is 12.1 Å². The van der Waals surface area contributed by atoms with Crippen LogP contribution < -0.4 is 5.73 Å². The minimum Gasteiger partial charge on any atom is -0.368 e. The van der Waals surface area contributed by atoms with E-state index in [1.54, 1.807) is 18.3 Å². The van der Waals surface area contributed by atoms with Crippen molar-refractivity contribution in [2.24, 2.45) is 0 Å². The van der Waals surface area contributed by atoms with Crippen molar-refractivity contribution in [1.29, 1.82) is 0 Å². The van der Waals surface area contributed by atoms with Gasteiger partial charge in [0, 0.05) is 35.3 Å². The Morgan fingerprint density at radius 3 is 3.04 bits per heavy atom. The second-order valence-corrected chi connectivity index (χ2v) is 7.59. The van der Waals surface area contributed by atoms with E-state index in [2.05, 4.69) is 9.97 Å². The first-order valence-corrected chi connectivity index (χ1v) is 9.19. The molecule has 0 bridgehead atoms. The zero-order valence-electron chi connectivity index (χ0n) is 14.3. The molecule has 1 aliphatic heterocycles. The van der Waals surface area contributed by atoms with Crippen molar-refractivity contribution in [2.75, 3.05) is 18.8 Å². The van der Waals surface area contributed by atoms with Crippen molar-refractivity contribution in [3.8, 4) is 0 Å². The average Bonchev–Trinajstić information content (AvgIpc) is 2.95. The fraction of sp³-hybridized carbons (Fsp3) is 0.421. The number of anilines is 1. The topological polar surface area (TPSA) is 72.1 Å². The van der Waals surface area contributed by atoms with Crippen molar-refractivity contribution < 1.29 is 9.18 Å². The third kappa shape index (κ3) is 2.92. The summed E-state index contributed by atoms with van der Waals surface area (Å²) in [6.45, 7) is 1.25. The molecule has 2 aromatic rings. The SMILES string of the molecule is Nc1ncc2c(n1)C1(CCCN(C(=O)Cc3c(F)cccc3Cl)C1)CC2. The lowest BCUT2D eigenvalue weighted by Crippen LogP contribution is -2.48. The number of aromatic nitrogens is 2. The summed E-state index contributed by atoms with van der Waals surface area (Å²) >= 11 is 6.08. The standard InChI is InChI=1S/C19H20ClFN4O/c20-14-3-1-4-15(21)13(14)9-16(26)25-8-2-6-19(11-25)7-5-12-10-23-18(22)24-17(12)19/h1,3-4,10H,2,5-9,11H2,(H2,22,23,24). The molecule has 1 aromatic heterocycles. The van der Waals surface area contributed by atoms with Crippen molar-refractivity contribution in [3.63, 3.8) is 0 Å². The Morgan fingerprint density at radius 1 is 1.38 bits per heavy atom. The number of fused-ring (bicyclic) bond motifs is 2. The van der Waals surface area contributed by atoms with Gasteiger partial charge in [-0.3, -0.25) is 4.79 Å². The van der Waals surface area contributed by atoms with Gasteiger partial charge in [-0.2, -0.15) is 0 Å². The van der Waals surface area contributed by atoms with E-state index >= 15 is 0 Å². The lowest BCUT2D eigenvalue weighted by molar-refractivity contribution is -0.132. The van der Waals surface area contributed by atoms with Gasteiger partial charge in [-0.05, 0) is 43.4 Å². The number of benzene rings is 1. The van der Waals surface area contributed by atoms with Crippen molar-refractivity contribution in [1.82, 2.24) is 14.9 Å². The van der Waals surface area contributed by atoms with Crippen LogP contribution >= 0.6 is 11.6 Å². The van der Waals surface area contributed by atoms with Crippen LogP contribution in [0.25, 0.3) is 0 Å². The van der Waals surface area contributed by atoms with Crippen LogP contribution in [-0.2, 0) is 23.1 Å². The number of nitrogen functional groups attached to an aromatic ring is 1. The minimum atomic E-state index is -0.440. The molecule has 5 nitrogen and oxygen atoms in total. The molecule has 136 valence electrons. The number of carbonyl (C=O) groups is 1. The zero-order chi connectivity index (χ0) is 18.3. The zero-order valence-corrected chi connectivity index (χ0v) is 15.1. The van der Waals surface area contributed by atoms with Gasteiger partial charge in [0.2, 0.25) is 11.9 Å². The third-order valence-electron chi connectivity index (χ3n) is 5.58. The van der Waals surface area contributed by atoms with Crippen molar-refractivity contribution >= 4 is 23.5 Å². The molecule has 1 fully saturated rings. The summed E-state index contributed by atoms with van der Waals surface area (Å²) < 4.78 is 14.0. The highest BCUT2D eigenvalue weighted by Crippen LogP contribution is 2.44. The molecule has 2 N–H and O–H groups in total. The Labute approximate surface area is 156 Å². The van der Waals surface area contributed by atoms with E-state index in [1.807, 2.05) is 4.90 Å². The second-order valence-electron chi connectivity index (χ2n) is 7.18. The molecule has 0 radical (unpaired) electrons. The molecule has 2 aliphatic rings. The van der Waals surface area contributed by atoms with Crippen LogP contribution in [0.4, 0.5) is 10.3 Å². The number of aryl methyl sites for hydroxylation is 1. The number of hydrogen-bond donors (Lipinski definition) is 1. The van der Waals surface area contributed by atoms with Gasteiger partial charge in [-0.1, -0.05) is 17.7 Å². The third-order valence-corrected chi connectivity index (χ3v) is 5.93. The summed E-state index contributed by atoms with van der Waals surface area (Å²) in [5.41, 5.74) is 7.98. The number of nitrogens with zero attached hydrogens (tertiary/aromatic N) is 3. The Bertz CT molecular complexity index is 850. The largest absolute Gasteiger partial charge is 0.368 e. The van der Waals surface area contributed by atoms with E-state index in [0.717, 1.165) is 36.9 Å². The highest BCUT2D eigenvalue weighted by Gasteiger charge is 2.44. The first-order chi connectivity index (χ1) is 12.5. The number of piperidine rings is 1. The van der Waals surface area contributed by atoms with Gasteiger partial charge >= 0.3 is 0 Å². The molecule has 7 heteroatoms. The maximum Gasteiger partial charge on any atom is 0.227 e. The van der Waals surface area contributed by atoms with Crippen molar-refractivity contribution in [3.05, 3.63) is 52.1 Å². The average molecular weight is 375 g/mol. The van der Waals surface area contributed by atoms with Gasteiger partial charge in [0.25, 0.3) is 0 Å². The van der Waals surface area contributed by atoms with Crippen LogP contribution in [-0.4, -0.2) is 33.9 Å². The van der Waals surface area contributed by atoms with Crippen LogP contribution in [0, 0.1) is 5.82 Å². The number of likely N-dealkylation sites (tertiary alicyclic amines) is 1. The fourth-order valence-corrected chi connectivity index (χ4v) is 4.49. The molecular weight excluding hydrogens is 355 g/mol. The monoisotopic (exact) mass is 374 g/mol. The molecule has 0 saturated carbocycles. The molecule has 1 aliphatic carbocycles. The second kappa shape index (κ2) is 6.50. The Morgan fingerprint density at radius 2 is 2.23 bits per heavy atom. The number of carbonyl (C=O) groups excluding carboxylic acids is 1. The maximum absolute atomic E-state index is 14.0. The number of rotatable bonds is 2. The maximum atomic E-state index is 14.0. The predicted molar refractivity (Wildman–Crippen MR) is 97.4 cm³/mol. The summed E-state index contributed by atoms with van der Waals surface area (Å²) in [5, 5.41) is 0.289. The first-order valence-electron chi connectivity index (χ1n) is 8.81.